The lowest BCUT2D eigenvalue weighted by atomic mass is 9.86. The molecule has 2 heterocycles. The van der Waals surface area contributed by atoms with E-state index in [0.29, 0.717) is 12.8 Å². The molecule has 2 aromatic heterocycles. The number of aryl methyl sites for hydroxylation is 1. The van der Waals surface area contributed by atoms with Gasteiger partial charge in [0, 0.05) is 47.1 Å². The fourth-order valence-electron chi connectivity index (χ4n) is 7.32. The summed E-state index contributed by atoms with van der Waals surface area (Å²) in [5.74, 6) is -0.0800. The summed E-state index contributed by atoms with van der Waals surface area (Å²) in [6.45, 7) is 1.52. The first-order valence-electron chi connectivity index (χ1n) is 18.9. The van der Waals surface area contributed by atoms with Crippen LogP contribution in [0.2, 0.25) is 0 Å². The van der Waals surface area contributed by atoms with Gasteiger partial charge in [0.2, 0.25) is 0 Å². The number of hydrogen-bond acceptors (Lipinski definition) is 4. The number of aliphatic hydroxyl groups excluding tert-OH is 1. The Morgan fingerprint density at radius 1 is 0.464 bits per heavy atom. The fraction of sp³-hybridized carbons (Fsp3) is 0.0577. The van der Waals surface area contributed by atoms with Crippen molar-refractivity contribution in [1.82, 2.24) is 9.97 Å². The summed E-state index contributed by atoms with van der Waals surface area (Å²) in [4.78, 5) is 22.4. The Kier molecular flexibility index (Phi) is 10.5. The van der Waals surface area contributed by atoms with Crippen LogP contribution in [0, 0.1) is 0 Å². The highest BCUT2D eigenvalue weighted by Gasteiger charge is 2.16. The number of aliphatic hydroxyl groups is 1. The molecule has 0 amide bonds. The molecule has 0 aliphatic carbocycles. The lowest BCUT2D eigenvalue weighted by molar-refractivity contribution is -0.114. The summed E-state index contributed by atoms with van der Waals surface area (Å²) in [7, 11) is 0. The van der Waals surface area contributed by atoms with Crippen molar-refractivity contribution < 1.29 is 9.90 Å². The summed E-state index contributed by atoms with van der Waals surface area (Å²) < 4.78 is 0. The van der Waals surface area contributed by atoms with Gasteiger partial charge in [-0.3, -0.25) is 14.8 Å². The van der Waals surface area contributed by atoms with Gasteiger partial charge in [0.1, 0.15) is 0 Å². The molecule has 270 valence electrons. The standard InChI is InChI=1S/C52H40N2O2/c1-36(55)30-45(56)27-24-37-14-8-9-19-46(37)42-31-43(49-22-12-10-20-47(49)40-25-28-51(53-34-40)38-15-4-2-5-16-38)33-44(32-42)50-23-13-11-21-48(50)41-26-29-52(54-35-41)39-17-6-3-7-18-39/h2-23,25-26,28-35,55H,24,27H2,1H3/b36-30-. The minimum absolute atomic E-state index is 0.0211. The molecular weight excluding hydrogens is 685 g/mol. The fourth-order valence-corrected chi connectivity index (χ4v) is 7.32. The minimum Gasteiger partial charge on any atom is -0.512 e. The number of pyridine rings is 2. The third kappa shape index (κ3) is 8.01. The van der Waals surface area contributed by atoms with E-state index in [9.17, 15) is 9.90 Å². The largest absolute Gasteiger partial charge is 0.512 e. The summed E-state index contributed by atoms with van der Waals surface area (Å²) >= 11 is 0. The molecule has 0 aliphatic heterocycles. The normalized spacial score (nSPS) is 11.3. The molecule has 4 nitrogen and oxygen atoms in total. The smallest absolute Gasteiger partial charge is 0.159 e. The summed E-state index contributed by atoms with van der Waals surface area (Å²) in [5.41, 5.74) is 15.7. The van der Waals surface area contributed by atoms with E-state index in [1.54, 1.807) is 0 Å². The number of rotatable bonds is 11. The third-order valence-electron chi connectivity index (χ3n) is 10.0. The third-order valence-corrected chi connectivity index (χ3v) is 10.0. The van der Waals surface area contributed by atoms with E-state index in [4.69, 9.17) is 9.97 Å². The molecule has 0 unspecified atom stereocenters. The van der Waals surface area contributed by atoms with Crippen molar-refractivity contribution in [2.75, 3.05) is 0 Å². The number of nitrogens with zero attached hydrogens (tertiary/aromatic N) is 2. The van der Waals surface area contributed by atoms with Gasteiger partial charge in [0.25, 0.3) is 0 Å². The van der Waals surface area contributed by atoms with Crippen molar-refractivity contribution in [3.8, 4) is 78.1 Å². The Morgan fingerprint density at radius 3 is 1.29 bits per heavy atom. The molecular formula is C52H40N2O2. The first-order chi connectivity index (χ1) is 27.5. The number of carbonyl (C=O) groups is 1. The number of ketones is 1. The molecule has 0 fully saturated rings. The van der Waals surface area contributed by atoms with E-state index < -0.39 is 0 Å². The molecule has 4 heteroatoms. The van der Waals surface area contributed by atoms with Crippen LogP contribution in [0.25, 0.3) is 78.1 Å². The average Bonchev–Trinajstić information content (AvgIpc) is 3.26. The van der Waals surface area contributed by atoms with Crippen LogP contribution in [0.3, 0.4) is 0 Å². The highest BCUT2D eigenvalue weighted by molar-refractivity contribution is 5.93. The number of hydrogen-bond donors (Lipinski definition) is 1. The maximum absolute atomic E-state index is 12.7. The van der Waals surface area contributed by atoms with E-state index >= 15 is 0 Å². The van der Waals surface area contributed by atoms with E-state index in [-0.39, 0.29) is 11.5 Å². The Bertz CT molecular complexity index is 2500. The molecule has 8 rings (SSSR count). The summed E-state index contributed by atoms with van der Waals surface area (Å²) in [5, 5.41) is 9.70. The second kappa shape index (κ2) is 16.5. The summed E-state index contributed by atoms with van der Waals surface area (Å²) in [6.07, 6.45) is 6.07. The second-order valence-corrected chi connectivity index (χ2v) is 13.9. The molecule has 0 aliphatic rings. The molecule has 0 bridgehead atoms. The van der Waals surface area contributed by atoms with Crippen LogP contribution in [0.4, 0.5) is 0 Å². The quantitative estimate of drug-likeness (QED) is 0.107. The van der Waals surface area contributed by atoms with Crippen LogP contribution >= 0.6 is 0 Å². The van der Waals surface area contributed by atoms with Gasteiger partial charge in [-0.2, -0.15) is 0 Å². The van der Waals surface area contributed by atoms with Crippen LogP contribution in [-0.4, -0.2) is 20.9 Å². The zero-order valence-corrected chi connectivity index (χ0v) is 31.1. The zero-order chi connectivity index (χ0) is 38.3. The number of allylic oxidation sites excluding steroid dienone is 2. The van der Waals surface area contributed by atoms with Gasteiger partial charge in [-0.25, -0.2) is 0 Å². The Balaban J connectivity index is 1.26. The van der Waals surface area contributed by atoms with E-state index in [1.807, 2.05) is 60.9 Å². The van der Waals surface area contributed by atoms with E-state index in [0.717, 1.165) is 83.7 Å². The van der Waals surface area contributed by atoms with Crippen molar-refractivity contribution in [3.63, 3.8) is 0 Å². The highest BCUT2D eigenvalue weighted by atomic mass is 16.3. The van der Waals surface area contributed by atoms with Crippen LogP contribution < -0.4 is 0 Å². The van der Waals surface area contributed by atoms with E-state index in [1.165, 1.54) is 13.0 Å². The Morgan fingerprint density at radius 2 is 0.857 bits per heavy atom. The van der Waals surface area contributed by atoms with Crippen molar-refractivity contribution in [3.05, 3.63) is 206 Å². The lowest BCUT2D eigenvalue weighted by Crippen LogP contribution is -1.99. The van der Waals surface area contributed by atoms with Crippen LogP contribution in [0.5, 0.6) is 0 Å². The SMILES string of the molecule is C/C(O)=C/C(=O)CCc1ccccc1-c1cc(-c2ccccc2-c2ccc(-c3ccccc3)nc2)cc(-c2ccccc2-c2ccc(-c3ccccc3)nc2)c1. The highest BCUT2D eigenvalue weighted by Crippen LogP contribution is 2.41. The number of benzene rings is 6. The van der Waals surface area contributed by atoms with Crippen LogP contribution in [0.15, 0.2) is 200 Å². The molecule has 0 radical (unpaired) electrons. The monoisotopic (exact) mass is 724 g/mol. The van der Waals surface area contributed by atoms with Gasteiger partial charge < -0.3 is 5.11 Å². The number of carbonyl (C=O) groups excluding carboxylic acids is 1. The van der Waals surface area contributed by atoms with Crippen LogP contribution in [-0.2, 0) is 11.2 Å². The van der Waals surface area contributed by atoms with Gasteiger partial charge in [-0.15, -0.1) is 0 Å². The molecule has 56 heavy (non-hydrogen) atoms. The zero-order valence-electron chi connectivity index (χ0n) is 31.1. The van der Waals surface area contributed by atoms with Gasteiger partial charge >= 0.3 is 0 Å². The topological polar surface area (TPSA) is 63.1 Å². The van der Waals surface area contributed by atoms with Crippen molar-refractivity contribution in [1.29, 1.82) is 0 Å². The number of aromatic nitrogens is 2. The predicted octanol–water partition coefficient (Wildman–Crippen LogP) is 13.1. The average molecular weight is 725 g/mol. The molecule has 0 saturated carbocycles. The molecule has 0 saturated heterocycles. The molecule has 0 spiro atoms. The molecule has 0 atom stereocenters. The Labute approximate surface area is 328 Å². The van der Waals surface area contributed by atoms with E-state index in [2.05, 4.69) is 127 Å². The molecule has 6 aromatic carbocycles. The molecule has 8 aromatic rings. The first-order valence-corrected chi connectivity index (χ1v) is 18.9. The van der Waals surface area contributed by atoms with Crippen molar-refractivity contribution in [2.45, 2.75) is 19.8 Å². The van der Waals surface area contributed by atoms with Gasteiger partial charge in [0.15, 0.2) is 5.78 Å². The Hall–Kier alpha value is -7.17. The van der Waals surface area contributed by atoms with Crippen molar-refractivity contribution in [2.24, 2.45) is 0 Å². The minimum atomic E-state index is -0.101. The predicted molar refractivity (Wildman–Crippen MR) is 230 cm³/mol. The maximum Gasteiger partial charge on any atom is 0.159 e. The van der Waals surface area contributed by atoms with Gasteiger partial charge in [-0.05, 0) is 93.7 Å². The summed E-state index contributed by atoms with van der Waals surface area (Å²) in [6, 6.07) is 61.0. The van der Waals surface area contributed by atoms with Crippen LogP contribution in [0.1, 0.15) is 18.9 Å². The van der Waals surface area contributed by atoms with Gasteiger partial charge in [0.05, 0.1) is 17.1 Å². The van der Waals surface area contributed by atoms with Gasteiger partial charge in [-0.1, -0.05) is 146 Å². The van der Waals surface area contributed by atoms with Crippen molar-refractivity contribution >= 4 is 5.78 Å². The first kappa shape index (κ1) is 35.8. The maximum atomic E-state index is 12.7. The second-order valence-electron chi connectivity index (χ2n) is 13.9. The lowest BCUT2D eigenvalue weighted by Gasteiger charge is -2.18. The molecule has 1 N–H and O–H groups in total.